The molecule has 1 aromatic rings. The highest BCUT2D eigenvalue weighted by Gasteiger charge is 2.14. The molecule has 0 unspecified atom stereocenters. The van der Waals surface area contributed by atoms with Crippen LogP contribution in [0.25, 0.3) is 0 Å². The Balaban J connectivity index is 1.46. The molecule has 0 spiro atoms. The molecule has 0 bridgehead atoms. The first-order valence-electron chi connectivity index (χ1n) is 6.31. The topological polar surface area (TPSA) is 59.9 Å². The van der Waals surface area contributed by atoms with Crippen LogP contribution in [0.5, 0.6) is 11.5 Å². The van der Waals surface area contributed by atoms with E-state index in [1.54, 1.807) is 35.7 Å². The molecule has 0 aliphatic carbocycles. The first kappa shape index (κ1) is 13.6. The smallest absolute Gasteiger partial charge is 0.231 e. The molecule has 7 heteroatoms. The largest absolute Gasteiger partial charge is 0.454 e. The summed E-state index contributed by atoms with van der Waals surface area (Å²) in [5.41, 5.74) is 0.733. The van der Waals surface area contributed by atoms with Crippen molar-refractivity contribution in [3.05, 3.63) is 18.2 Å². The molecule has 5 nitrogen and oxygen atoms in total. The van der Waals surface area contributed by atoms with Gasteiger partial charge >= 0.3 is 0 Å². The third-order valence-corrected chi connectivity index (χ3v) is 5.02. The van der Waals surface area contributed by atoms with Crippen LogP contribution in [0.4, 0.5) is 5.69 Å². The second-order valence-electron chi connectivity index (χ2n) is 4.21. The summed E-state index contributed by atoms with van der Waals surface area (Å²) in [4.78, 5) is 16.2. The summed E-state index contributed by atoms with van der Waals surface area (Å²) in [6.07, 6.45) is 0.471. The van der Waals surface area contributed by atoms with Crippen molar-refractivity contribution in [2.24, 2.45) is 4.99 Å². The molecule has 1 N–H and O–H groups in total. The number of nitrogens with zero attached hydrogens (tertiary/aromatic N) is 1. The maximum absolute atomic E-state index is 11.8. The molecule has 0 saturated carbocycles. The predicted molar refractivity (Wildman–Crippen MR) is 83.0 cm³/mol. The Hall–Kier alpha value is -1.34. The van der Waals surface area contributed by atoms with Gasteiger partial charge in [-0.15, -0.1) is 0 Å². The van der Waals surface area contributed by atoms with E-state index in [4.69, 9.17) is 9.47 Å². The van der Waals surface area contributed by atoms with E-state index in [0.29, 0.717) is 12.2 Å². The summed E-state index contributed by atoms with van der Waals surface area (Å²) in [6.45, 7) is 1.14. The number of nitrogens with one attached hydrogen (secondary N) is 1. The number of carbonyl (C=O) groups excluding carboxylic acids is 1. The van der Waals surface area contributed by atoms with Crippen LogP contribution in [0, 0.1) is 0 Å². The minimum Gasteiger partial charge on any atom is -0.454 e. The molecular weight excluding hydrogens is 296 g/mol. The van der Waals surface area contributed by atoms with Crippen LogP contribution in [0.1, 0.15) is 6.42 Å². The van der Waals surface area contributed by atoms with Crippen molar-refractivity contribution in [1.82, 2.24) is 0 Å². The summed E-state index contributed by atoms with van der Waals surface area (Å²) in [6, 6.07) is 5.40. The predicted octanol–water partition coefficient (Wildman–Crippen LogP) is 2.58. The lowest BCUT2D eigenvalue weighted by molar-refractivity contribution is -0.115. The Bertz CT molecular complexity index is 548. The van der Waals surface area contributed by atoms with Crippen molar-refractivity contribution in [3.63, 3.8) is 0 Å². The van der Waals surface area contributed by atoms with Gasteiger partial charge in [0.15, 0.2) is 11.5 Å². The molecule has 0 fully saturated rings. The van der Waals surface area contributed by atoms with Gasteiger partial charge in [-0.2, -0.15) is 0 Å². The van der Waals surface area contributed by atoms with E-state index in [1.807, 2.05) is 6.07 Å². The van der Waals surface area contributed by atoms with E-state index in [1.165, 1.54) is 0 Å². The van der Waals surface area contributed by atoms with Crippen LogP contribution in [0.2, 0.25) is 0 Å². The van der Waals surface area contributed by atoms with E-state index in [-0.39, 0.29) is 12.7 Å². The number of fused-ring (bicyclic) bond motifs is 1. The second-order valence-corrected chi connectivity index (χ2v) is 6.64. The molecule has 2 aliphatic heterocycles. The fraction of sp³-hybridized carbons (Fsp3) is 0.385. The number of rotatable bonds is 4. The normalized spacial score (nSPS) is 16.1. The third kappa shape index (κ3) is 3.40. The number of ether oxygens (including phenoxy) is 2. The Morgan fingerprint density at radius 1 is 1.40 bits per heavy atom. The lowest BCUT2D eigenvalue weighted by atomic mass is 10.2. The number of anilines is 1. The minimum atomic E-state index is -0.0000350. The second kappa shape index (κ2) is 6.41. The van der Waals surface area contributed by atoms with Crippen LogP contribution in [0.3, 0.4) is 0 Å². The highest BCUT2D eigenvalue weighted by molar-refractivity contribution is 8.39. The summed E-state index contributed by atoms with van der Waals surface area (Å²) in [5, 5.41) is 2.86. The molecule has 106 valence electrons. The van der Waals surface area contributed by atoms with Crippen LogP contribution in [0.15, 0.2) is 23.2 Å². The first-order chi connectivity index (χ1) is 9.81. The van der Waals surface area contributed by atoms with Gasteiger partial charge in [0, 0.05) is 29.7 Å². The van der Waals surface area contributed by atoms with Gasteiger partial charge in [-0.1, -0.05) is 23.5 Å². The molecule has 0 atom stereocenters. The van der Waals surface area contributed by atoms with Crippen molar-refractivity contribution in [2.75, 3.05) is 30.2 Å². The molecule has 0 aromatic heterocycles. The van der Waals surface area contributed by atoms with E-state index in [0.717, 1.165) is 33.9 Å². The van der Waals surface area contributed by atoms with Crippen molar-refractivity contribution in [2.45, 2.75) is 6.42 Å². The highest BCUT2D eigenvalue weighted by atomic mass is 32.2. The van der Waals surface area contributed by atoms with Gasteiger partial charge in [-0.25, -0.2) is 0 Å². The summed E-state index contributed by atoms with van der Waals surface area (Å²) in [7, 11) is 0. The number of benzene rings is 1. The minimum absolute atomic E-state index is 0.0000350. The van der Waals surface area contributed by atoms with Gasteiger partial charge in [-0.3, -0.25) is 9.79 Å². The molecule has 3 rings (SSSR count). The number of hydrogen-bond acceptors (Lipinski definition) is 6. The lowest BCUT2D eigenvalue weighted by Crippen LogP contribution is -2.12. The van der Waals surface area contributed by atoms with Gasteiger partial charge in [-0.05, 0) is 12.1 Å². The average molecular weight is 310 g/mol. The SMILES string of the molecule is O=C(CCSC1=NCCS1)Nc1ccc2c(c1)OCO2. The zero-order valence-electron chi connectivity index (χ0n) is 10.8. The zero-order chi connectivity index (χ0) is 13.8. The first-order valence-corrected chi connectivity index (χ1v) is 8.28. The molecule has 2 aliphatic rings. The maximum atomic E-state index is 11.8. The number of thioether (sulfide) groups is 2. The van der Waals surface area contributed by atoms with Crippen LogP contribution >= 0.6 is 23.5 Å². The highest BCUT2D eigenvalue weighted by Crippen LogP contribution is 2.34. The van der Waals surface area contributed by atoms with Gasteiger partial charge < -0.3 is 14.8 Å². The Morgan fingerprint density at radius 2 is 2.30 bits per heavy atom. The number of amides is 1. The molecule has 0 saturated heterocycles. The zero-order valence-corrected chi connectivity index (χ0v) is 12.4. The molecule has 1 amide bonds. The van der Waals surface area contributed by atoms with Crippen molar-refractivity contribution in [1.29, 1.82) is 0 Å². The summed E-state index contributed by atoms with van der Waals surface area (Å²) < 4.78 is 11.6. The van der Waals surface area contributed by atoms with Crippen molar-refractivity contribution >= 4 is 39.5 Å². The van der Waals surface area contributed by atoms with E-state index < -0.39 is 0 Å². The summed E-state index contributed by atoms with van der Waals surface area (Å²) in [5.74, 6) is 3.21. The van der Waals surface area contributed by atoms with Crippen LogP contribution in [-0.2, 0) is 4.79 Å². The number of carbonyl (C=O) groups is 1. The monoisotopic (exact) mass is 310 g/mol. The van der Waals surface area contributed by atoms with Crippen molar-refractivity contribution in [3.8, 4) is 11.5 Å². The van der Waals surface area contributed by atoms with Gasteiger partial charge in [0.25, 0.3) is 0 Å². The Labute approximate surface area is 125 Å². The van der Waals surface area contributed by atoms with E-state index in [9.17, 15) is 4.79 Å². The van der Waals surface area contributed by atoms with Gasteiger partial charge in [0.05, 0.1) is 6.54 Å². The van der Waals surface area contributed by atoms with Crippen LogP contribution < -0.4 is 14.8 Å². The number of hydrogen-bond donors (Lipinski definition) is 1. The molecule has 2 heterocycles. The van der Waals surface area contributed by atoms with E-state index >= 15 is 0 Å². The maximum Gasteiger partial charge on any atom is 0.231 e. The molecular formula is C13H14N2O3S2. The third-order valence-electron chi connectivity index (χ3n) is 2.77. The quantitative estimate of drug-likeness (QED) is 0.926. The van der Waals surface area contributed by atoms with Crippen LogP contribution in [-0.4, -0.2) is 35.1 Å². The lowest BCUT2D eigenvalue weighted by Gasteiger charge is -2.06. The molecule has 0 radical (unpaired) electrons. The Morgan fingerprint density at radius 3 is 3.15 bits per heavy atom. The standard InChI is InChI=1S/C13H14N2O3S2/c16-12(3-5-19-13-14-4-6-20-13)15-9-1-2-10-11(7-9)18-8-17-10/h1-2,7H,3-6,8H2,(H,15,16). The van der Waals surface area contributed by atoms with Gasteiger partial charge in [0.2, 0.25) is 12.7 Å². The summed E-state index contributed by atoms with van der Waals surface area (Å²) >= 11 is 3.41. The average Bonchev–Trinajstić information content (AvgIpc) is 3.08. The van der Waals surface area contributed by atoms with Gasteiger partial charge in [0.1, 0.15) is 4.38 Å². The fourth-order valence-electron chi connectivity index (χ4n) is 1.83. The molecule has 1 aromatic carbocycles. The fourth-order valence-corrected chi connectivity index (χ4v) is 3.85. The van der Waals surface area contributed by atoms with Crippen molar-refractivity contribution < 1.29 is 14.3 Å². The Kier molecular flexibility index (Phi) is 4.37. The van der Waals surface area contributed by atoms with E-state index in [2.05, 4.69) is 10.3 Å². The number of aliphatic imine (C=N–C) groups is 1. The molecule has 20 heavy (non-hydrogen) atoms.